The largest absolute Gasteiger partial charge is 0.406 e. The minimum atomic E-state index is -0.336. The quantitative estimate of drug-likeness (QED) is 0.619. The number of benzene rings is 1. The third kappa shape index (κ3) is 2.25. The van der Waals surface area contributed by atoms with E-state index in [0.717, 1.165) is 22.9 Å². The van der Waals surface area contributed by atoms with Gasteiger partial charge in [0.15, 0.2) is 5.70 Å². The lowest BCUT2D eigenvalue weighted by Crippen LogP contribution is -2.22. The summed E-state index contributed by atoms with van der Waals surface area (Å²) >= 11 is 3.40. The van der Waals surface area contributed by atoms with Crippen LogP contribution >= 0.6 is 15.9 Å². The van der Waals surface area contributed by atoms with Crippen LogP contribution in [0, 0.1) is 5.92 Å². The molecule has 4 heteroatoms. The molecule has 1 saturated carbocycles. The SMILES string of the molecule is O=C1OC(C2CCC2)=N/C1=C/c1cccc(Br)c1. The van der Waals surface area contributed by atoms with Crippen molar-refractivity contribution in [2.75, 3.05) is 0 Å². The molecule has 92 valence electrons. The number of halogens is 1. The molecule has 0 bridgehead atoms. The highest BCUT2D eigenvalue weighted by Gasteiger charge is 2.32. The van der Waals surface area contributed by atoms with Gasteiger partial charge >= 0.3 is 5.97 Å². The van der Waals surface area contributed by atoms with Gasteiger partial charge in [-0.2, -0.15) is 0 Å². The summed E-state index contributed by atoms with van der Waals surface area (Å²) in [4.78, 5) is 16.0. The van der Waals surface area contributed by atoms with E-state index in [4.69, 9.17) is 4.74 Å². The van der Waals surface area contributed by atoms with Gasteiger partial charge in [-0.25, -0.2) is 9.79 Å². The van der Waals surface area contributed by atoms with Gasteiger partial charge in [0.25, 0.3) is 0 Å². The Morgan fingerprint density at radius 2 is 2.22 bits per heavy atom. The number of ether oxygens (including phenoxy) is 1. The summed E-state index contributed by atoms with van der Waals surface area (Å²) in [5.41, 5.74) is 1.34. The molecule has 1 aliphatic carbocycles. The molecule has 1 aromatic carbocycles. The first-order valence-corrected chi connectivity index (χ1v) is 6.80. The number of carbonyl (C=O) groups is 1. The first kappa shape index (κ1) is 11.7. The van der Waals surface area contributed by atoms with Crippen LogP contribution in [0.3, 0.4) is 0 Å². The number of carbonyl (C=O) groups excluding carboxylic acids is 1. The van der Waals surface area contributed by atoms with E-state index in [1.165, 1.54) is 6.42 Å². The van der Waals surface area contributed by atoms with Crippen molar-refractivity contribution in [1.29, 1.82) is 0 Å². The number of nitrogens with zero attached hydrogens (tertiary/aromatic N) is 1. The minimum Gasteiger partial charge on any atom is -0.406 e. The summed E-state index contributed by atoms with van der Waals surface area (Å²) in [5.74, 6) is 0.617. The van der Waals surface area contributed by atoms with E-state index in [-0.39, 0.29) is 5.97 Å². The zero-order chi connectivity index (χ0) is 12.5. The fraction of sp³-hybridized carbons (Fsp3) is 0.286. The Bertz CT molecular complexity index is 559. The van der Waals surface area contributed by atoms with Crippen LogP contribution < -0.4 is 0 Å². The van der Waals surface area contributed by atoms with Gasteiger partial charge in [0.05, 0.1) is 0 Å². The second-order valence-electron chi connectivity index (χ2n) is 4.55. The van der Waals surface area contributed by atoms with Gasteiger partial charge in [-0.05, 0) is 36.6 Å². The highest BCUT2D eigenvalue weighted by Crippen LogP contribution is 2.31. The summed E-state index contributed by atoms with van der Waals surface area (Å²) in [6, 6.07) is 7.74. The topological polar surface area (TPSA) is 38.7 Å². The van der Waals surface area contributed by atoms with Crippen molar-refractivity contribution in [2.45, 2.75) is 19.3 Å². The fourth-order valence-corrected chi connectivity index (χ4v) is 2.43. The second-order valence-corrected chi connectivity index (χ2v) is 5.47. The third-order valence-corrected chi connectivity index (χ3v) is 3.74. The van der Waals surface area contributed by atoms with E-state index < -0.39 is 0 Å². The standard InChI is InChI=1S/C14H12BrNO2/c15-11-6-1-3-9(7-11)8-12-14(17)18-13(16-12)10-4-2-5-10/h1,3,6-8,10H,2,4-5H2/b12-8+. The van der Waals surface area contributed by atoms with Gasteiger partial charge in [0, 0.05) is 10.4 Å². The molecule has 0 atom stereocenters. The Labute approximate surface area is 114 Å². The number of hydrogen-bond donors (Lipinski definition) is 0. The highest BCUT2D eigenvalue weighted by molar-refractivity contribution is 9.10. The highest BCUT2D eigenvalue weighted by atomic mass is 79.9. The number of cyclic esters (lactones) is 1. The second kappa shape index (κ2) is 4.69. The van der Waals surface area contributed by atoms with Crippen LogP contribution in [0.4, 0.5) is 0 Å². The van der Waals surface area contributed by atoms with E-state index in [9.17, 15) is 4.79 Å². The van der Waals surface area contributed by atoms with Gasteiger partial charge in [0.2, 0.25) is 5.90 Å². The average molecular weight is 306 g/mol. The molecule has 0 aromatic heterocycles. The van der Waals surface area contributed by atoms with Crippen LogP contribution in [0.1, 0.15) is 24.8 Å². The molecule has 0 spiro atoms. The van der Waals surface area contributed by atoms with Gasteiger partial charge in [-0.3, -0.25) is 0 Å². The van der Waals surface area contributed by atoms with Crippen molar-refractivity contribution in [2.24, 2.45) is 10.9 Å². The Hall–Kier alpha value is -1.42. The minimum absolute atomic E-state index is 0.336. The molecule has 3 rings (SSSR count). The number of rotatable bonds is 2. The molecule has 18 heavy (non-hydrogen) atoms. The zero-order valence-corrected chi connectivity index (χ0v) is 11.3. The van der Waals surface area contributed by atoms with Crippen molar-refractivity contribution in [3.63, 3.8) is 0 Å². The molecule has 1 heterocycles. The molecule has 0 amide bonds. The van der Waals surface area contributed by atoms with Crippen molar-refractivity contribution < 1.29 is 9.53 Å². The van der Waals surface area contributed by atoms with Crippen molar-refractivity contribution in [1.82, 2.24) is 0 Å². The lowest BCUT2D eigenvalue weighted by Gasteiger charge is -2.23. The first-order chi connectivity index (χ1) is 8.72. The van der Waals surface area contributed by atoms with E-state index in [1.54, 1.807) is 6.08 Å². The summed E-state index contributed by atoms with van der Waals surface area (Å²) in [6.45, 7) is 0. The van der Waals surface area contributed by atoms with Crippen LogP contribution in [-0.4, -0.2) is 11.9 Å². The molecule has 1 aromatic rings. The van der Waals surface area contributed by atoms with Crippen LogP contribution in [0.25, 0.3) is 6.08 Å². The van der Waals surface area contributed by atoms with Gasteiger partial charge in [-0.1, -0.05) is 34.5 Å². The monoisotopic (exact) mass is 305 g/mol. The molecule has 0 radical (unpaired) electrons. The molecule has 2 aliphatic rings. The lowest BCUT2D eigenvalue weighted by molar-refractivity contribution is -0.130. The normalized spacial score (nSPS) is 21.7. The van der Waals surface area contributed by atoms with Gasteiger partial charge < -0.3 is 4.74 Å². The van der Waals surface area contributed by atoms with Crippen LogP contribution in [0.2, 0.25) is 0 Å². The Morgan fingerprint density at radius 3 is 2.89 bits per heavy atom. The number of esters is 1. The maximum Gasteiger partial charge on any atom is 0.363 e. The first-order valence-electron chi connectivity index (χ1n) is 6.00. The lowest BCUT2D eigenvalue weighted by atomic mass is 9.85. The third-order valence-electron chi connectivity index (χ3n) is 3.24. The van der Waals surface area contributed by atoms with Crippen LogP contribution in [0.15, 0.2) is 39.4 Å². The molecular formula is C14H12BrNO2. The Morgan fingerprint density at radius 1 is 1.39 bits per heavy atom. The molecule has 0 unspecified atom stereocenters. The molecular weight excluding hydrogens is 294 g/mol. The van der Waals surface area contributed by atoms with Crippen LogP contribution in [-0.2, 0) is 9.53 Å². The van der Waals surface area contributed by atoms with E-state index >= 15 is 0 Å². The summed E-state index contributed by atoms with van der Waals surface area (Å²) in [6.07, 6.45) is 5.12. The van der Waals surface area contributed by atoms with E-state index in [0.29, 0.717) is 17.5 Å². The smallest absolute Gasteiger partial charge is 0.363 e. The molecule has 0 saturated heterocycles. The van der Waals surface area contributed by atoms with Gasteiger partial charge in [-0.15, -0.1) is 0 Å². The Kier molecular flexibility index (Phi) is 3.04. The number of aliphatic imine (C=N–C) groups is 1. The van der Waals surface area contributed by atoms with Gasteiger partial charge in [0.1, 0.15) is 0 Å². The summed E-state index contributed by atoms with van der Waals surface area (Å²) in [7, 11) is 0. The van der Waals surface area contributed by atoms with Crippen molar-refractivity contribution >= 4 is 33.9 Å². The molecule has 1 aliphatic heterocycles. The summed E-state index contributed by atoms with van der Waals surface area (Å²) < 4.78 is 6.19. The fourth-order valence-electron chi connectivity index (χ4n) is 2.01. The van der Waals surface area contributed by atoms with E-state index in [1.807, 2.05) is 24.3 Å². The average Bonchev–Trinajstić information content (AvgIpc) is 2.57. The Balaban J connectivity index is 1.87. The van der Waals surface area contributed by atoms with E-state index in [2.05, 4.69) is 20.9 Å². The van der Waals surface area contributed by atoms with Crippen molar-refractivity contribution in [3.05, 3.63) is 40.0 Å². The number of hydrogen-bond acceptors (Lipinski definition) is 3. The predicted octanol–water partition coefficient (Wildman–Crippen LogP) is 3.55. The molecule has 1 fully saturated rings. The van der Waals surface area contributed by atoms with Crippen LogP contribution in [0.5, 0.6) is 0 Å². The van der Waals surface area contributed by atoms with Crippen molar-refractivity contribution in [3.8, 4) is 0 Å². The zero-order valence-electron chi connectivity index (χ0n) is 9.73. The predicted molar refractivity (Wildman–Crippen MR) is 73.0 cm³/mol. The molecule has 0 N–H and O–H groups in total. The maximum absolute atomic E-state index is 11.7. The summed E-state index contributed by atoms with van der Waals surface area (Å²) in [5, 5.41) is 0. The molecule has 3 nitrogen and oxygen atoms in total. The maximum atomic E-state index is 11.7.